The molecule has 0 spiro atoms. The predicted molar refractivity (Wildman–Crippen MR) is 126 cm³/mol. The monoisotopic (exact) mass is 448 g/mol. The lowest BCUT2D eigenvalue weighted by Crippen LogP contribution is -2.42. The minimum absolute atomic E-state index is 0.170. The van der Waals surface area contributed by atoms with Gasteiger partial charge in [-0.05, 0) is 54.8 Å². The molecule has 3 rings (SSSR count). The Labute approximate surface area is 192 Å². The van der Waals surface area contributed by atoms with Gasteiger partial charge in [0.25, 0.3) is 5.91 Å². The summed E-state index contributed by atoms with van der Waals surface area (Å²) in [6.45, 7) is 5.59. The highest BCUT2D eigenvalue weighted by Gasteiger charge is 2.21. The van der Waals surface area contributed by atoms with Crippen molar-refractivity contribution in [1.82, 2.24) is 10.6 Å². The first-order chi connectivity index (χ1) is 15.6. The number of ether oxygens (including phenoxy) is 1. The normalized spacial score (nSPS) is 12.1. The van der Waals surface area contributed by atoms with E-state index in [1.807, 2.05) is 42.5 Å². The maximum atomic E-state index is 12.6. The Hall–Kier alpha value is -3.87. The predicted octanol–water partition coefficient (Wildman–Crippen LogP) is 4.29. The van der Waals surface area contributed by atoms with Crippen molar-refractivity contribution in [3.8, 4) is 0 Å². The summed E-state index contributed by atoms with van der Waals surface area (Å²) in [5.74, 6) is -1.58. The molecule has 0 radical (unpaired) electrons. The van der Waals surface area contributed by atoms with Crippen LogP contribution in [-0.4, -0.2) is 34.7 Å². The zero-order valence-corrected chi connectivity index (χ0v) is 18.9. The summed E-state index contributed by atoms with van der Waals surface area (Å²) in [6, 6.07) is 19.1. The van der Waals surface area contributed by atoms with E-state index < -0.39 is 29.6 Å². The van der Waals surface area contributed by atoms with Gasteiger partial charge in [0, 0.05) is 18.5 Å². The van der Waals surface area contributed by atoms with Gasteiger partial charge < -0.3 is 20.5 Å². The summed E-state index contributed by atoms with van der Waals surface area (Å²) in [7, 11) is 0. The number of carboxylic acid groups (broad SMARTS) is 1. The fourth-order valence-electron chi connectivity index (χ4n) is 3.31. The zero-order valence-electron chi connectivity index (χ0n) is 18.9. The Morgan fingerprint density at radius 2 is 1.55 bits per heavy atom. The smallest absolute Gasteiger partial charge is 0.407 e. The van der Waals surface area contributed by atoms with Crippen molar-refractivity contribution >= 4 is 28.7 Å². The molecule has 33 heavy (non-hydrogen) atoms. The molecule has 0 bridgehead atoms. The van der Waals surface area contributed by atoms with Crippen LogP contribution in [0.2, 0.25) is 0 Å². The molecule has 0 aromatic heterocycles. The Kier molecular flexibility index (Phi) is 7.33. The zero-order chi connectivity index (χ0) is 24.0. The van der Waals surface area contributed by atoms with Gasteiger partial charge in [-0.1, -0.05) is 54.6 Å². The van der Waals surface area contributed by atoms with Crippen molar-refractivity contribution in [3.63, 3.8) is 0 Å². The third kappa shape index (κ3) is 7.07. The standard InChI is InChI=1S/C26H28N2O5/c1-26(2,3)33-25(32)27-16-17-8-12-20(13-9-17)23(29)28-22(24(30)31)15-18-10-11-19-6-4-5-7-21(19)14-18/h4-14,22H,15-16H2,1-3H3,(H,27,32)(H,28,29)(H,30,31)/t22-/m1/s1. The highest BCUT2D eigenvalue weighted by atomic mass is 16.6. The molecule has 0 aliphatic rings. The van der Waals surface area contributed by atoms with Crippen LogP contribution in [0.3, 0.4) is 0 Å². The number of hydrogen-bond donors (Lipinski definition) is 3. The minimum atomic E-state index is -1.10. The van der Waals surface area contributed by atoms with Crippen molar-refractivity contribution < 1.29 is 24.2 Å². The third-order valence-corrected chi connectivity index (χ3v) is 4.91. The summed E-state index contributed by atoms with van der Waals surface area (Å²) >= 11 is 0. The number of amides is 2. The van der Waals surface area contributed by atoms with Crippen LogP contribution in [0.1, 0.15) is 42.3 Å². The first-order valence-electron chi connectivity index (χ1n) is 10.7. The molecule has 2 amide bonds. The van der Waals surface area contributed by atoms with E-state index in [9.17, 15) is 19.5 Å². The number of aliphatic carboxylic acids is 1. The highest BCUT2D eigenvalue weighted by Crippen LogP contribution is 2.17. The Morgan fingerprint density at radius 3 is 2.18 bits per heavy atom. The average molecular weight is 449 g/mol. The molecule has 7 nitrogen and oxygen atoms in total. The Bertz CT molecular complexity index is 1150. The molecule has 3 N–H and O–H groups in total. The maximum Gasteiger partial charge on any atom is 0.407 e. The van der Waals surface area contributed by atoms with Crippen LogP contribution in [-0.2, 0) is 22.5 Å². The second-order valence-electron chi connectivity index (χ2n) is 8.80. The van der Waals surface area contributed by atoms with Crippen LogP contribution in [0.5, 0.6) is 0 Å². The molecule has 1 atom stereocenters. The number of carboxylic acids is 1. The number of benzene rings is 3. The molecule has 3 aromatic carbocycles. The Balaban J connectivity index is 1.60. The lowest BCUT2D eigenvalue weighted by Gasteiger charge is -2.19. The molecule has 3 aromatic rings. The van der Waals surface area contributed by atoms with E-state index in [1.54, 1.807) is 45.0 Å². The lowest BCUT2D eigenvalue weighted by molar-refractivity contribution is -0.139. The first kappa shape index (κ1) is 23.8. The number of alkyl carbamates (subject to hydrolysis) is 1. The summed E-state index contributed by atoms with van der Waals surface area (Å²) in [4.78, 5) is 36.2. The van der Waals surface area contributed by atoms with Crippen molar-refractivity contribution in [3.05, 3.63) is 83.4 Å². The number of carbonyl (C=O) groups excluding carboxylic acids is 2. The van der Waals surface area contributed by atoms with Crippen molar-refractivity contribution in [2.75, 3.05) is 0 Å². The molecular weight excluding hydrogens is 420 g/mol. The van der Waals surface area contributed by atoms with Gasteiger partial charge in [-0.2, -0.15) is 0 Å². The number of carbonyl (C=O) groups is 3. The van der Waals surface area contributed by atoms with E-state index in [0.29, 0.717) is 5.56 Å². The number of fused-ring (bicyclic) bond motifs is 1. The van der Waals surface area contributed by atoms with Gasteiger partial charge in [0.1, 0.15) is 11.6 Å². The maximum absolute atomic E-state index is 12.6. The van der Waals surface area contributed by atoms with Crippen LogP contribution in [0, 0.1) is 0 Å². The van der Waals surface area contributed by atoms with E-state index in [2.05, 4.69) is 10.6 Å². The lowest BCUT2D eigenvalue weighted by atomic mass is 10.0. The van der Waals surface area contributed by atoms with Gasteiger partial charge in [0.2, 0.25) is 0 Å². The minimum Gasteiger partial charge on any atom is -0.480 e. The van der Waals surface area contributed by atoms with Crippen molar-refractivity contribution in [2.45, 2.75) is 45.4 Å². The number of nitrogens with one attached hydrogen (secondary N) is 2. The third-order valence-electron chi connectivity index (χ3n) is 4.91. The van der Waals surface area contributed by atoms with Gasteiger partial charge in [-0.25, -0.2) is 9.59 Å². The number of rotatable bonds is 7. The first-order valence-corrected chi connectivity index (χ1v) is 10.7. The summed E-state index contributed by atoms with van der Waals surface area (Å²) in [5.41, 5.74) is 1.36. The van der Waals surface area contributed by atoms with E-state index in [4.69, 9.17) is 4.74 Å². The van der Waals surface area contributed by atoms with Gasteiger partial charge in [0.15, 0.2) is 0 Å². The largest absolute Gasteiger partial charge is 0.480 e. The molecule has 0 aliphatic carbocycles. The van der Waals surface area contributed by atoms with Gasteiger partial charge in [0.05, 0.1) is 0 Å². The molecule has 0 fully saturated rings. The second kappa shape index (κ2) is 10.2. The summed E-state index contributed by atoms with van der Waals surface area (Å²) < 4.78 is 5.19. The molecule has 0 unspecified atom stereocenters. The SMILES string of the molecule is CC(C)(C)OC(=O)NCc1ccc(C(=O)N[C@H](Cc2ccc3ccccc3c2)C(=O)O)cc1. The molecule has 7 heteroatoms. The number of hydrogen-bond acceptors (Lipinski definition) is 4. The highest BCUT2D eigenvalue weighted by molar-refractivity contribution is 5.96. The summed E-state index contributed by atoms with van der Waals surface area (Å²) in [5, 5.41) is 17.0. The van der Waals surface area contributed by atoms with Crippen molar-refractivity contribution in [1.29, 1.82) is 0 Å². The fourth-order valence-corrected chi connectivity index (χ4v) is 3.31. The topological polar surface area (TPSA) is 105 Å². The molecule has 0 saturated heterocycles. The quantitative estimate of drug-likeness (QED) is 0.500. The van der Waals surface area contributed by atoms with Crippen LogP contribution >= 0.6 is 0 Å². The van der Waals surface area contributed by atoms with Gasteiger partial charge in [-0.3, -0.25) is 4.79 Å². The average Bonchev–Trinajstić information content (AvgIpc) is 2.76. The van der Waals surface area contributed by atoms with Crippen molar-refractivity contribution in [2.24, 2.45) is 0 Å². The molecular formula is C26H28N2O5. The van der Waals surface area contributed by atoms with Crippen LogP contribution in [0.15, 0.2) is 66.7 Å². The van der Waals surface area contributed by atoms with E-state index in [1.165, 1.54) is 0 Å². The van der Waals surface area contributed by atoms with E-state index >= 15 is 0 Å². The van der Waals surface area contributed by atoms with Crippen LogP contribution in [0.4, 0.5) is 4.79 Å². The summed E-state index contributed by atoms with van der Waals surface area (Å²) in [6.07, 6.45) is -0.355. The molecule has 0 heterocycles. The van der Waals surface area contributed by atoms with Gasteiger partial charge >= 0.3 is 12.1 Å². The fraction of sp³-hybridized carbons (Fsp3) is 0.269. The van der Waals surface area contributed by atoms with Gasteiger partial charge in [-0.15, -0.1) is 0 Å². The second-order valence-corrected chi connectivity index (χ2v) is 8.80. The van der Waals surface area contributed by atoms with E-state index in [-0.39, 0.29) is 13.0 Å². The molecule has 0 aliphatic heterocycles. The Morgan fingerprint density at radius 1 is 0.909 bits per heavy atom. The van der Waals surface area contributed by atoms with Crippen LogP contribution < -0.4 is 10.6 Å². The molecule has 172 valence electrons. The van der Waals surface area contributed by atoms with Crippen LogP contribution in [0.25, 0.3) is 10.8 Å². The molecule has 0 saturated carbocycles. The van der Waals surface area contributed by atoms with E-state index in [0.717, 1.165) is 21.9 Å².